The quantitative estimate of drug-likeness (QED) is 0.672. The molecule has 0 unspecified atom stereocenters. The van der Waals surface area contributed by atoms with E-state index in [1.54, 1.807) is 25.3 Å². The first kappa shape index (κ1) is 18.5. The van der Waals surface area contributed by atoms with Crippen LogP contribution < -0.4 is 5.32 Å². The molecule has 0 aliphatic carbocycles. The number of hydrogen-bond acceptors (Lipinski definition) is 3. The number of likely N-dealkylation sites (N-methyl/N-ethyl adjacent to an activating group) is 1. The first-order chi connectivity index (χ1) is 13.1. The van der Waals surface area contributed by atoms with Gasteiger partial charge < -0.3 is 14.6 Å². The molecule has 3 aromatic rings. The summed E-state index contributed by atoms with van der Waals surface area (Å²) >= 11 is 0. The number of furan rings is 1. The number of aryl methyl sites for hydroxylation is 1. The molecular weight excluding hydrogens is 340 g/mol. The lowest BCUT2D eigenvalue weighted by Crippen LogP contribution is -2.33. The third kappa shape index (κ3) is 4.44. The minimum absolute atomic E-state index is 0.0230. The summed E-state index contributed by atoms with van der Waals surface area (Å²) in [6.45, 7) is 1.99. The van der Waals surface area contributed by atoms with Crippen molar-refractivity contribution < 1.29 is 14.0 Å². The van der Waals surface area contributed by atoms with Gasteiger partial charge in [0.15, 0.2) is 0 Å². The number of amides is 2. The van der Waals surface area contributed by atoms with Gasteiger partial charge in [0.1, 0.15) is 11.3 Å². The molecule has 5 heteroatoms. The molecule has 0 saturated heterocycles. The topological polar surface area (TPSA) is 62.6 Å². The molecule has 0 aliphatic rings. The van der Waals surface area contributed by atoms with E-state index in [2.05, 4.69) is 5.32 Å². The van der Waals surface area contributed by atoms with E-state index in [0.717, 1.165) is 28.7 Å². The second-order valence-electron chi connectivity index (χ2n) is 6.23. The van der Waals surface area contributed by atoms with Crippen molar-refractivity contribution >= 4 is 34.5 Å². The molecule has 0 spiro atoms. The molecule has 0 saturated carbocycles. The van der Waals surface area contributed by atoms with Gasteiger partial charge in [0.2, 0.25) is 11.8 Å². The molecule has 0 radical (unpaired) electrons. The lowest BCUT2D eigenvalue weighted by Gasteiger charge is -2.14. The molecular formula is C22H22N2O3. The Morgan fingerprint density at radius 1 is 1.07 bits per heavy atom. The highest BCUT2D eigenvalue weighted by Gasteiger charge is 2.13. The van der Waals surface area contributed by atoms with Gasteiger partial charge in [-0.2, -0.15) is 0 Å². The Labute approximate surface area is 158 Å². The average molecular weight is 362 g/mol. The van der Waals surface area contributed by atoms with Gasteiger partial charge in [0.05, 0.1) is 6.54 Å². The van der Waals surface area contributed by atoms with E-state index >= 15 is 0 Å². The second-order valence-corrected chi connectivity index (χ2v) is 6.23. The lowest BCUT2D eigenvalue weighted by atomic mass is 10.1. The molecule has 1 heterocycles. The van der Waals surface area contributed by atoms with Crippen LogP contribution in [0, 0.1) is 0 Å². The van der Waals surface area contributed by atoms with Crippen molar-refractivity contribution in [3.8, 4) is 0 Å². The number of benzene rings is 2. The van der Waals surface area contributed by atoms with Gasteiger partial charge in [0, 0.05) is 36.2 Å². The number of anilines is 1. The van der Waals surface area contributed by atoms with Crippen LogP contribution in [0.25, 0.3) is 17.0 Å². The molecule has 27 heavy (non-hydrogen) atoms. The second kappa shape index (κ2) is 8.36. The Morgan fingerprint density at radius 3 is 2.52 bits per heavy atom. The highest BCUT2D eigenvalue weighted by atomic mass is 16.3. The zero-order valence-corrected chi connectivity index (χ0v) is 15.4. The highest BCUT2D eigenvalue weighted by Crippen LogP contribution is 2.27. The van der Waals surface area contributed by atoms with Crippen molar-refractivity contribution in [1.82, 2.24) is 4.90 Å². The lowest BCUT2D eigenvalue weighted by molar-refractivity contribution is -0.129. The van der Waals surface area contributed by atoms with Crippen molar-refractivity contribution in [1.29, 1.82) is 0 Å². The van der Waals surface area contributed by atoms with Gasteiger partial charge >= 0.3 is 0 Å². The standard InChI is InChI=1S/C22H22N2O3/c1-3-19-18(17-11-7-8-12-20(17)27-19)13-14-22(26)24(2)15-21(25)23-16-9-5-4-6-10-16/h4-14H,3,15H2,1-2H3,(H,23,25)/b14-13+. The molecule has 5 nitrogen and oxygen atoms in total. The van der Waals surface area contributed by atoms with Crippen LogP contribution >= 0.6 is 0 Å². The predicted octanol–water partition coefficient (Wildman–Crippen LogP) is 4.11. The predicted molar refractivity (Wildman–Crippen MR) is 107 cm³/mol. The molecule has 0 aliphatic heterocycles. The Hall–Kier alpha value is -3.34. The van der Waals surface area contributed by atoms with E-state index in [1.807, 2.05) is 49.4 Å². The molecule has 0 bridgehead atoms. The largest absolute Gasteiger partial charge is 0.460 e. The summed E-state index contributed by atoms with van der Waals surface area (Å²) in [5.74, 6) is 0.351. The zero-order chi connectivity index (χ0) is 19.2. The third-order valence-electron chi connectivity index (χ3n) is 4.24. The average Bonchev–Trinajstić information content (AvgIpc) is 3.04. The number of nitrogens with one attached hydrogen (secondary N) is 1. The fourth-order valence-electron chi connectivity index (χ4n) is 2.86. The van der Waals surface area contributed by atoms with Crippen molar-refractivity contribution in [3.63, 3.8) is 0 Å². The molecule has 0 fully saturated rings. The maximum absolute atomic E-state index is 12.4. The molecule has 1 aromatic heterocycles. The zero-order valence-electron chi connectivity index (χ0n) is 15.4. The van der Waals surface area contributed by atoms with Crippen LogP contribution in [0.2, 0.25) is 0 Å². The van der Waals surface area contributed by atoms with Crippen LogP contribution in [-0.2, 0) is 16.0 Å². The summed E-state index contributed by atoms with van der Waals surface area (Å²) in [7, 11) is 1.60. The summed E-state index contributed by atoms with van der Waals surface area (Å²) in [6.07, 6.45) is 3.97. The summed E-state index contributed by atoms with van der Waals surface area (Å²) < 4.78 is 5.83. The number of hydrogen-bond donors (Lipinski definition) is 1. The van der Waals surface area contributed by atoms with Gasteiger partial charge in [-0.15, -0.1) is 0 Å². The maximum Gasteiger partial charge on any atom is 0.246 e. The minimum Gasteiger partial charge on any atom is -0.460 e. The van der Waals surface area contributed by atoms with Gasteiger partial charge in [-0.25, -0.2) is 0 Å². The number of carbonyl (C=O) groups is 2. The number of nitrogens with zero attached hydrogens (tertiary/aromatic N) is 1. The van der Waals surface area contributed by atoms with Gasteiger partial charge in [-0.05, 0) is 24.3 Å². The van der Waals surface area contributed by atoms with Crippen molar-refractivity contribution in [3.05, 3.63) is 72.0 Å². The van der Waals surface area contributed by atoms with E-state index in [-0.39, 0.29) is 18.4 Å². The SMILES string of the molecule is CCc1oc2ccccc2c1/C=C/C(=O)N(C)CC(=O)Nc1ccccc1. The van der Waals surface area contributed by atoms with Crippen molar-refractivity contribution in [2.75, 3.05) is 18.9 Å². The van der Waals surface area contributed by atoms with E-state index in [0.29, 0.717) is 5.69 Å². The molecule has 2 amide bonds. The Bertz CT molecular complexity index is 974. The summed E-state index contributed by atoms with van der Waals surface area (Å²) in [4.78, 5) is 25.9. The normalized spacial score (nSPS) is 11.0. The van der Waals surface area contributed by atoms with E-state index in [9.17, 15) is 9.59 Å². The maximum atomic E-state index is 12.4. The third-order valence-corrected chi connectivity index (χ3v) is 4.24. The van der Waals surface area contributed by atoms with Gasteiger partial charge in [0.25, 0.3) is 0 Å². The van der Waals surface area contributed by atoms with Crippen molar-refractivity contribution in [2.45, 2.75) is 13.3 Å². The molecule has 1 N–H and O–H groups in total. The molecule has 3 rings (SSSR count). The monoisotopic (exact) mass is 362 g/mol. The van der Waals surface area contributed by atoms with E-state index in [4.69, 9.17) is 4.42 Å². The van der Waals surface area contributed by atoms with Crippen LogP contribution in [0.5, 0.6) is 0 Å². The Kier molecular flexibility index (Phi) is 5.71. The smallest absolute Gasteiger partial charge is 0.246 e. The summed E-state index contributed by atoms with van der Waals surface area (Å²) in [5, 5.41) is 3.74. The van der Waals surface area contributed by atoms with Crippen LogP contribution in [0.3, 0.4) is 0 Å². The number of carbonyl (C=O) groups excluding carboxylic acids is 2. The Balaban J connectivity index is 1.67. The van der Waals surface area contributed by atoms with Crippen LogP contribution in [0.15, 0.2) is 65.1 Å². The fraction of sp³-hybridized carbons (Fsp3) is 0.182. The number of rotatable bonds is 6. The van der Waals surface area contributed by atoms with Gasteiger partial charge in [-0.3, -0.25) is 9.59 Å². The first-order valence-corrected chi connectivity index (χ1v) is 8.87. The number of para-hydroxylation sites is 2. The van der Waals surface area contributed by atoms with Crippen LogP contribution in [0.1, 0.15) is 18.2 Å². The van der Waals surface area contributed by atoms with Crippen LogP contribution in [-0.4, -0.2) is 30.3 Å². The molecule has 0 atom stereocenters. The highest BCUT2D eigenvalue weighted by molar-refractivity contribution is 5.99. The van der Waals surface area contributed by atoms with E-state index in [1.165, 1.54) is 11.0 Å². The summed E-state index contributed by atoms with van der Waals surface area (Å²) in [6, 6.07) is 16.9. The first-order valence-electron chi connectivity index (χ1n) is 8.87. The van der Waals surface area contributed by atoms with Gasteiger partial charge in [-0.1, -0.05) is 43.3 Å². The number of fused-ring (bicyclic) bond motifs is 1. The molecule has 138 valence electrons. The minimum atomic E-state index is -0.245. The van der Waals surface area contributed by atoms with Crippen LogP contribution in [0.4, 0.5) is 5.69 Å². The van der Waals surface area contributed by atoms with E-state index < -0.39 is 0 Å². The van der Waals surface area contributed by atoms with Crippen molar-refractivity contribution in [2.24, 2.45) is 0 Å². The Morgan fingerprint density at radius 2 is 1.78 bits per heavy atom. The fourth-order valence-corrected chi connectivity index (χ4v) is 2.86. The molecule has 2 aromatic carbocycles. The summed E-state index contributed by atoms with van der Waals surface area (Å²) in [5.41, 5.74) is 2.41.